The van der Waals surface area contributed by atoms with Crippen molar-refractivity contribution in [3.05, 3.63) is 28.2 Å². The van der Waals surface area contributed by atoms with Gasteiger partial charge in [-0.3, -0.25) is 4.79 Å². The number of carbonyl (C=O) groups excluding carboxylic acids is 2. The van der Waals surface area contributed by atoms with Gasteiger partial charge in [-0.1, -0.05) is 0 Å². The summed E-state index contributed by atoms with van der Waals surface area (Å²) in [6, 6.07) is 5.24. The van der Waals surface area contributed by atoms with Gasteiger partial charge >= 0.3 is 6.09 Å². The Bertz CT molecular complexity index is 556. The Kier molecular flexibility index (Phi) is 5.65. The lowest BCUT2D eigenvalue weighted by molar-refractivity contribution is 0.0570. The van der Waals surface area contributed by atoms with Crippen LogP contribution >= 0.6 is 15.9 Å². The van der Waals surface area contributed by atoms with Crippen LogP contribution in [-0.2, 0) is 4.74 Å². The Hall–Kier alpha value is -1.76. The van der Waals surface area contributed by atoms with Crippen molar-refractivity contribution in [1.82, 2.24) is 9.80 Å². The Morgan fingerprint density at radius 3 is 2.36 bits per heavy atom. The van der Waals surface area contributed by atoms with E-state index in [1.165, 1.54) is 0 Å². The number of amides is 2. The van der Waals surface area contributed by atoms with E-state index in [9.17, 15) is 9.59 Å². The average molecular weight is 371 g/mol. The SMILES string of the molecule is CCOC(=O)N1CCN(C(=O)c2ccc(OC)c(Br)c2)CC1. The number of ether oxygens (including phenoxy) is 2. The predicted octanol–water partition coefficient (Wildman–Crippen LogP) is 2.37. The second kappa shape index (κ2) is 7.49. The van der Waals surface area contributed by atoms with Gasteiger partial charge in [-0.25, -0.2) is 4.79 Å². The molecule has 120 valence electrons. The third-order valence-electron chi connectivity index (χ3n) is 3.49. The van der Waals surface area contributed by atoms with E-state index < -0.39 is 0 Å². The molecule has 0 aliphatic carbocycles. The first-order chi connectivity index (χ1) is 10.6. The number of benzene rings is 1. The van der Waals surface area contributed by atoms with Crippen LogP contribution in [0.25, 0.3) is 0 Å². The molecule has 0 bridgehead atoms. The van der Waals surface area contributed by atoms with Crippen LogP contribution < -0.4 is 4.74 Å². The fourth-order valence-corrected chi connectivity index (χ4v) is 2.83. The molecule has 0 atom stereocenters. The lowest BCUT2D eigenvalue weighted by Crippen LogP contribution is -2.50. The third-order valence-corrected chi connectivity index (χ3v) is 4.11. The molecule has 0 spiro atoms. The van der Waals surface area contributed by atoms with Gasteiger partial charge < -0.3 is 19.3 Å². The Morgan fingerprint density at radius 1 is 1.18 bits per heavy atom. The summed E-state index contributed by atoms with van der Waals surface area (Å²) in [6.07, 6.45) is -0.318. The molecule has 1 aromatic rings. The number of hydrogen-bond acceptors (Lipinski definition) is 4. The Balaban J connectivity index is 1.98. The molecule has 2 rings (SSSR count). The summed E-state index contributed by atoms with van der Waals surface area (Å²) in [6.45, 7) is 4.11. The van der Waals surface area contributed by atoms with Crippen LogP contribution in [0.2, 0.25) is 0 Å². The highest BCUT2D eigenvalue weighted by Gasteiger charge is 2.25. The zero-order valence-electron chi connectivity index (χ0n) is 12.7. The molecule has 2 amide bonds. The summed E-state index contributed by atoms with van der Waals surface area (Å²) in [7, 11) is 1.58. The molecule has 1 aliphatic rings. The van der Waals surface area contributed by atoms with Gasteiger partial charge in [0.05, 0.1) is 18.2 Å². The van der Waals surface area contributed by atoms with Crippen LogP contribution in [-0.4, -0.2) is 61.7 Å². The highest BCUT2D eigenvalue weighted by atomic mass is 79.9. The number of methoxy groups -OCH3 is 1. The third kappa shape index (κ3) is 3.71. The van der Waals surface area contributed by atoms with Gasteiger partial charge in [0, 0.05) is 31.7 Å². The van der Waals surface area contributed by atoms with Crippen molar-refractivity contribution in [1.29, 1.82) is 0 Å². The van der Waals surface area contributed by atoms with E-state index in [1.54, 1.807) is 42.0 Å². The first kappa shape index (κ1) is 16.6. The molecule has 6 nitrogen and oxygen atoms in total. The van der Waals surface area contributed by atoms with Gasteiger partial charge in [-0.2, -0.15) is 0 Å². The molecule has 1 saturated heterocycles. The largest absolute Gasteiger partial charge is 0.496 e. The van der Waals surface area contributed by atoms with Gasteiger partial charge in [0.2, 0.25) is 0 Å². The summed E-state index contributed by atoms with van der Waals surface area (Å²) in [5, 5.41) is 0. The summed E-state index contributed by atoms with van der Waals surface area (Å²) >= 11 is 3.38. The van der Waals surface area contributed by atoms with E-state index >= 15 is 0 Å². The lowest BCUT2D eigenvalue weighted by atomic mass is 10.1. The van der Waals surface area contributed by atoms with Crippen molar-refractivity contribution in [2.45, 2.75) is 6.92 Å². The van der Waals surface area contributed by atoms with Crippen molar-refractivity contribution < 1.29 is 19.1 Å². The monoisotopic (exact) mass is 370 g/mol. The van der Waals surface area contributed by atoms with E-state index in [-0.39, 0.29) is 12.0 Å². The average Bonchev–Trinajstić information content (AvgIpc) is 2.54. The van der Waals surface area contributed by atoms with Crippen molar-refractivity contribution in [3.63, 3.8) is 0 Å². The molecule has 7 heteroatoms. The normalized spacial score (nSPS) is 14.7. The molecule has 1 heterocycles. The van der Waals surface area contributed by atoms with Gasteiger partial charge in [0.1, 0.15) is 5.75 Å². The maximum atomic E-state index is 12.5. The molecular weight excluding hydrogens is 352 g/mol. The van der Waals surface area contributed by atoms with Crippen LogP contribution in [0.15, 0.2) is 22.7 Å². The molecule has 0 N–H and O–H groups in total. The summed E-state index contributed by atoms with van der Waals surface area (Å²) in [5.41, 5.74) is 0.595. The number of halogens is 1. The summed E-state index contributed by atoms with van der Waals surface area (Å²) in [4.78, 5) is 27.5. The first-order valence-electron chi connectivity index (χ1n) is 7.11. The van der Waals surface area contributed by atoms with E-state index in [0.29, 0.717) is 44.1 Å². The van der Waals surface area contributed by atoms with Gasteiger partial charge in [-0.05, 0) is 41.1 Å². The van der Waals surface area contributed by atoms with Crippen LogP contribution in [0.3, 0.4) is 0 Å². The Labute approximate surface area is 138 Å². The lowest BCUT2D eigenvalue weighted by Gasteiger charge is -2.34. The zero-order chi connectivity index (χ0) is 16.1. The molecular formula is C15H19BrN2O4. The van der Waals surface area contributed by atoms with E-state index in [2.05, 4.69) is 15.9 Å². The van der Waals surface area contributed by atoms with Crippen LogP contribution in [0.1, 0.15) is 17.3 Å². The molecule has 0 saturated carbocycles. The maximum Gasteiger partial charge on any atom is 0.409 e. The van der Waals surface area contributed by atoms with Crippen molar-refractivity contribution in [2.24, 2.45) is 0 Å². The van der Waals surface area contributed by atoms with Crippen LogP contribution in [0.4, 0.5) is 4.79 Å². The minimum Gasteiger partial charge on any atom is -0.496 e. The highest BCUT2D eigenvalue weighted by molar-refractivity contribution is 9.10. The van der Waals surface area contributed by atoms with Crippen LogP contribution in [0.5, 0.6) is 5.75 Å². The van der Waals surface area contributed by atoms with Crippen molar-refractivity contribution in [2.75, 3.05) is 39.9 Å². The van der Waals surface area contributed by atoms with Crippen molar-refractivity contribution in [3.8, 4) is 5.75 Å². The maximum absolute atomic E-state index is 12.5. The van der Waals surface area contributed by atoms with Crippen molar-refractivity contribution >= 4 is 27.9 Å². The molecule has 0 unspecified atom stereocenters. The predicted molar refractivity (Wildman–Crippen MR) is 85.2 cm³/mol. The highest BCUT2D eigenvalue weighted by Crippen LogP contribution is 2.26. The fraction of sp³-hybridized carbons (Fsp3) is 0.467. The van der Waals surface area contributed by atoms with E-state index in [0.717, 1.165) is 4.47 Å². The topological polar surface area (TPSA) is 59.1 Å². The molecule has 1 fully saturated rings. The smallest absolute Gasteiger partial charge is 0.409 e. The number of carbonyl (C=O) groups is 2. The minimum atomic E-state index is -0.318. The standard InChI is InChI=1S/C15H19BrN2O4/c1-3-22-15(20)18-8-6-17(7-9-18)14(19)11-4-5-13(21-2)12(16)10-11/h4-5,10H,3,6-9H2,1-2H3. The van der Waals surface area contributed by atoms with Gasteiger partial charge in [0.25, 0.3) is 5.91 Å². The minimum absolute atomic E-state index is 0.0492. The number of rotatable bonds is 3. The van der Waals surface area contributed by atoms with E-state index in [4.69, 9.17) is 9.47 Å². The quantitative estimate of drug-likeness (QED) is 0.819. The number of nitrogens with zero attached hydrogens (tertiary/aromatic N) is 2. The number of piperazine rings is 1. The van der Waals surface area contributed by atoms with E-state index in [1.807, 2.05) is 0 Å². The Morgan fingerprint density at radius 2 is 1.82 bits per heavy atom. The summed E-state index contributed by atoms with van der Waals surface area (Å²) < 4.78 is 10.9. The zero-order valence-corrected chi connectivity index (χ0v) is 14.3. The van der Waals surface area contributed by atoms with Gasteiger partial charge in [-0.15, -0.1) is 0 Å². The first-order valence-corrected chi connectivity index (χ1v) is 7.90. The summed E-state index contributed by atoms with van der Waals surface area (Å²) in [5.74, 6) is 0.635. The second-order valence-electron chi connectivity index (χ2n) is 4.83. The van der Waals surface area contributed by atoms with Crippen LogP contribution in [0, 0.1) is 0 Å². The molecule has 1 aromatic carbocycles. The fourth-order valence-electron chi connectivity index (χ4n) is 2.29. The van der Waals surface area contributed by atoms with Gasteiger partial charge in [0.15, 0.2) is 0 Å². The molecule has 0 radical (unpaired) electrons. The molecule has 0 aromatic heterocycles. The molecule has 22 heavy (non-hydrogen) atoms. The second-order valence-corrected chi connectivity index (χ2v) is 5.68. The molecule has 1 aliphatic heterocycles. The number of hydrogen-bond donors (Lipinski definition) is 0.